The van der Waals surface area contributed by atoms with Crippen molar-refractivity contribution in [3.63, 3.8) is 0 Å². The Kier molecular flexibility index (Phi) is 44.5. The molecule has 0 aromatic heterocycles. The minimum atomic E-state index is -0.784. The Morgan fingerprint density at radius 2 is 0.672 bits per heavy atom. The summed E-state index contributed by atoms with van der Waals surface area (Å²) in [6.45, 7) is 6.46. The SMILES string of the molecule is CC/C=C\C/C=C\C/C=C\C/C=C\CCCCCCC(=O)OCC(COC(=O)CCCCCCCCCCCC)OC(=O)CCCCCCC/C=C\CCCCCC. The zero-order valence-electron chi connectivity index (χ0n) is 38.0. The molecule has 6 heteroatoms. The van der Waals surface area contributed by atoms with Crippen molar-refractivity contribution >= 4 is 17.9 Å². The molecule has 0 aliphatic carbocycles. The van der Waals surface area contributed by atoms with Gasteiger partial charge < -0.3 is 14.2 Å². The van der Waals surface area contributed by atoms with E-state index in [-0.39, 0.29) is 31.1 Å². The van der Waals surface area contributed by atoms with E-state index >= 15 is 0 Å². The van der Waals surface area contributed by atoms with Crippen LogP contribution in [0.5, 0.6) is 0 Å². The second kappa shape index (κ2) is 46.8. The minimum Gasteiger partial charge on any atom is -0.462 e. The van der Waals surface area contributed by atoms with Crippen LogP contribution in [0.3, 0.4) is 0 Å². The molecule has 334 valence electrons. The molecule has 0 aliphatic rings. The number of unbranched alkanes of at least 4 members (excludes halogenated alkanes) is 22. The summed E-state index contributed by atoms with van der Waals surface area (Å²) in [6, 6.07) is 0. The quantitative estimate of drug-likeness (QED) is 0.0264. The Labute approximate surface area is 358 Å². The summed E-state index contributed by atoms with van der Waals surface area (Å²) < 4.78 is 16.7. The van der Waals surface area contributed by atoms with E-state index in [9.17, 15) is 14.4 Å². The molecule has 0 radical (unpaired) electrons. The fraction of sp³-hybridized carbons (Fsp3) is 0.750. The van der Waals surface area contributed by atoms with Crippen molar-refractivity contribution in [3.05, 3.63) is 60.8 Å². The zero-order chi connectivity index (χ0) is 42.3. The van der Waals surface area contributed by atoms with Crippen LogP contribution in [0.15, 0.2) is 60.8 Å². The van der Waals surface area contributed by atoms with Gasteiger partial charge in [-0.05, 0) is 83.5 Å². The van der Waals surface area contributed by atoms with Crippen LogP contribution in [0.25, 0.3) is 0 Å². The number of carbonyl (C=O) groups is 3. The van der Waals surface area contributed by atoms with Crippen molar-refractivity contribution in [1.82, 2.24) is 0 Å². The molecule has 0 heterocycles. The predicted molar refractivity (Wildman–Crippen MR) is 247 cm³/mol. The van der Waals surface area contributed by atoms with Crippen LogP contribution in [0.2, 0.25) is 0 Å². The van der Waals surface area contributed by atoms with Crippen molar-refractivity contribution in [2.24, 2.45) is 0 Å². The lowest BCUT2D eigenvalue weighted by atomic mass is 10.1. The number of carbonyl (C=O) groups excluding carboxylic acids is 3. The standard InChI is InChI=1S/C52H90O6/c1-4-7-10-13-16-19-22-24-25-26-27-29-30-33-36-39-42-45-51(54)57-48-49(47-56-50(53)44-41-38-35-32-21-18-15-12-9-6-3)58-52(55)46-43-40-37-34-31-28-23-20-17-14-11-8-5-2/h7,10,16,19-20,23-25,27,29,49H,4-6,8-9,11-15,17-18,21-22,26,28,30-48H2,1-3H3/b10-7-,19-16-,23-20-,25-24-,29-27-. The van der Waals surface area contributed by atoms with Crippen LogP contribution in [-0.4, -0.2) is 37.2 Å². The molecule has 0 aromatic carbocycles. The molecule has 0 saturated heterocycles. The highest BCUT2D eigenvalue weighted by Gasteiger charge is 2.19. The van der Waals surface area contributed by atoms with Crippen LogP contribution in [0.4, 0.5) is 0 Å². The van der Waals surface area contributed by atoms with Gasteiger partial charge in [0.2, 0.25) is 0 Å². The van der Waals surface area contributed by atoms with Gasteiger partial charge in [0.05, 0.1) is 0 Å². The topological polar surface area (TPSA) is 78.9 Å². The van der Waals surface area contributed by atoms with Crippen LogP contribution >= 0.6 is 0 Å². The Bertz CT molecular complexity index is 1070. The van der Waals surface area contributed by atoms with E-state index in [0.717, 1.165) is 109 Å². The molecule has 0 saturated carbocycles. The lowest BCUT2D eigenvalue weighted by Crippen LogP contribution is -2.30. The fourth-order valence-corrected chi connectivity index (χ4v) is 6.60. The number of esters is 3. The zero-order valence-corrected chi connectivity index (χ0v) is 38.0. The van der Waals surface area contributed by atoms with E-state index < -0.39 is 6.10 Å². The summed E-state index contributed by atoms with van der Waals surface area (Å²) in [5, 5.41) is 0. The molecule has 0 bridgehead atoms. The Hall–Kier alpha value is -2.89. The normalized spacial score (nSPS) is 12.5. The third-order valence-electron chi connectivity index (χ3n) is 10.3. The van der Waals surface area contributed by atoms with Gasteiger partial charge in [-0.15, -0.1) is 0 Å². The lowest BCUT2D eigenvalue weighted by Gasteiger charge is -2.18. The lowest BCUT2D eigenvalue weighted by molar-refractivity contribution is -0.167. The molecule has 0 amide bonds. The molecule has 1 atom stereocenters. The molecule has 0 spiro atoms. The highest BCUT2D eigenvalue weighted by Crippen LogP contribution is 2.14. The average Bonchev–Trinajstić information content (AvgIpc) is 3.22. The van der Waals surface area contributed by atoms with Crippen molar-refractivity contribution in [1.29, 1.82) is 0 Å². The predicted octanol–water partition coefficient (Wildman–Crippen LogP) is 15.7. The van der Waals surface area contributed by atoms with Gasteiger partial charge in [-0.3, -0.25) is 14.4 Å². The third-order valence-corrected chi connectivity index (χ3v) is 10.3. The van der Waals surface area contributed by atoms with Gasteiger partial charge in [0.1, 0.15) is 13.2 Å². The Balaban J connectivity index is 4.41. The highest BCUT2D eigenvalue weighted by molar-refractivity contribution is 5.71. The van der Waals surface area contributed by atoms with Crippen molar-refractivity contribution in [2.75, 3.05) is 13.2 Å². The van der Waals surface area contributed by atoms with E-state index in [4.69, 9.17) is 14.2 Å². The first-order valence-electron chi connectivity index (χ1n) is 24.3. The van der Waals surface area contributed by atoms with E-state index in [0.29, 0.717) is 19.3 Å². The molecule has 1 unspecified atom stereocenters. The maximum atomic E-state index is 12.7. The van der Waals surface area contributed by atoms with Crippen molar-refractivity contribution < 1.29 is 28.6 Å². The second-order valence-corrected chi connectivity index (χ2v) is 16.0. The van der Waals surface area contributed by atoms with Crippen molar-refractivity contribution in [3.8, 4) is 0 Å². The first-order chi connectivity index (χ1) is 28.5. The number of rotatable bonds is 43. The van der Waals surface area contributed by atoms with Gasteiger partial charge in [-0.2, -0.15) is 0 Å². The average molecular weight is 811 g/mol. The number of ether oxygens (including phenoxy) is 3. The first kappa shape index (κ1) is 55.1. The maximum absolute atomic E-state index is 12.7. The molecule has 0 N–H and O–H groups in total. The minimum absolute atomic E-state index is 0.0843. The summed E-state index contributed by atoms with van der Waals surface area (Å²) in [7, 11) is 0. The number of allylic oxidation sites excluding steroid dienone is 10. The summed E-state index contributed by atoms with van der Waals surface area (Å²) in [6.07, 6.45) is 56.3. The Morgan fingerprint density at radius 3 is 1.09 bits per heavy atom. The molecule has 0 aliphatic heterocycles. The van der Waals surface area contributed by atoms with E-state index in [1.54, 1.807) is 0 Å². The smallest absolute Gasteiger partial charge is 0.306 e. The fourth-order valence-electron chi connectivity index (χ4n) is 6.60. The highest BCUT2D eigenvalue weighted by atomic mass is 16.6. The molecule has 0 aromatic rings. The molecule has 6 nitrogen and oxygen atoms in total. The number of hydrogen-bond donors (Lipinski definition) is 0. The molecular formula is C52H90O6. The van der Waals surface area contributed by atoms with E-state index in [2.05, 4.69) is 81.5 Å². The first-order valence-corrected chi connectivity index (χ1v) is 24.3. The van der Waals surface area contributed by atoms with Crippen LogP contribution in [-0.2, 0) is 28.6 Å². The van der Waals surface area contributed by atoms with Gasteiger partial charge in [-0.25, -0.2) is 0 Å². The van der Waals surface area contributed by atoms with Crippen LogP contribution < -0.4 is 0 Å². The molecule has 0 fully saturated rings. The monoisotopic (exact) mass is 811 g/mol. The van der Waals surface area contributed by atoms with Gasteiger partial charge in [-0.1, -0.05) is 191 Å². The van der Waals surface area contributed by atoms with E-state index in [1.165, 1.54) is 83.5 Å². The van der Waals surface area contributed by atoms with Crippen molar-refractivity contribution in [2.45, 2.75) is 239 Å². The molecular weight excluding hydrogens is 721 g/mol. The van der Waals surface area contributed by atoms with Gasteiger partial charge in [0.15, 0.2) is 6.10 Å². The largest absolute Gasteiger partial charge is 0.462 e. The summed E-state index contributed by atoms with van der Waals surface area (Å²) >= 11 is 0. The van der Waals surface area contributed by atoms with Gasteiger partial charge in [0, 0.05) is 19.3 Å². The summed E-state index contributed by atoms with van der Waals surface area (Å²) in [5.74, 6) is -0.919. The maximum Gasteiger partial charge on any atom is 0.306 e. The van der Waals surface area contributed by atoms with E-state index in [1.807, 2.05) is 0 Å². The Morgan fingerprint density at radius 1 is 0.362 bits per heavy atom. The second-order valence-electron chi connectivity index (χ2n) is 16.0. The molecule has 58 heavy (non-hydrogen) atoms. The number of hydrogen-bond acceptors (Lipinski definition) is 6. The van der Waals surface area contributed by atoms with Gasteiger partial charge in [0.25, 0.3) is 0 Å². The van der Waals surface area contributed by atoms with Crippen LogP contribution in [0, 0.1) is 0 Å². The van der Waals surface area contributed by atoms with Gasteiger partial charge >= 0.3 is 17.9 Å². The summed E-state index contributed by atoms with van der Waals surface area (Å²) in [4.78, 5) is 37.8. The molecule has 0 rings (SSSR count). The third kappa shape index (κ3) is 44.2. The van der Waals surface area contributed by atoms with Crippen LogP contribution in [0.1, 0.15) is 233 Å². The summed E-state index contributed by atoms with van der Waals surface area (Å²) in [5.41, 5.74) is 0.